The molecule has 2 heteroatoms. The van der Waals surface area contributed by atoms with Crippen LogP contribution in [0.2, 0.25) is 0 Å². The number of hydrogen-bond donors (Lipinski definition) is 0. The summed E-state index contributed by atoms with van der Waals surface area (Å²) in [7, 11) is 0. The fourth-order valence-electron chi connectivity index (χ4n) is 1.87. The van der Waals surface area contributed by atoms with Gasteiger partial charge in [-0.15, -0.1) is 0 Å². The second-order valence-corrected chi connectivity index (χ2v) is 3.47. The molecule has 0 saturated carbocycles. The predicted octanol–water partition coefficient (Wildman–Crippen LogP) is 2.31. The van der Waals surface area contributed by atoms with Crippen molar-refractivity contribution in [3.05, 3.63) is 35.6 Å². The van der Waals surface area contributed by atoms with Crippen LogP contribution >= 0.6 is 0 Å². The summed E-state index contributed by atoms with van der Waals surface area (Å²) in [6.45, 7) is 1.78. The molecular formula is C11H13FN. The Bertz CT molecular complexity index is 279. The minimum atomic E-state index is -0.0607. The molecule has 1 aliphatic rings. The molecule has 2 rings (SSSR count). The van der Waals surface area contributed by atoms with Crippen molar-refractivity contribution in [3.63, 3.8) is 0 Å². The molecule has 0 spiro atoms. The van der Waals surface area contributed by atoms with E-state index in [1.54, 1.807) is 12.1 Å². The first-order valence-corrected chi connectivity index (χ1v) is 4.75. The van der Waals surface area contributed by atoms with Gasteiger partial charge in [0.15, 0.2) is 0 Å². The van der Waals surface area contributed by atoms with Gasteiger partial charge < -0.3 is 0 Å². The number of benzene rings is 1. The van der Waals surface area contributed by atoms with Crippen molar-refractivity contribution in [2.24, 2.45) is 0 Å². The molecular weight excluding hydrogens is 165 g/mol. The molecule has 0 aliphatic carbocycles. The van der Waals surface area contributed by atoms with Gasteiger partial charge >= 0.3 is 0 Å². The van der Waals surface area contributed by atoms with Crippen LogP contribution in [0.4, 0.5) is 4.39 Å². The number of hydrogen-bond acceptors (Lipinski definition) is 0. The third kappa shape index (κ3) is 1.89. The van der Waals surface area contributed by atoms with Gasteiger partial charge in [-0.2, -0.15) is 0 Å². The van der Waals surface area contributed by atoms with Gasteiger partial charge in [0, 0.05) is 13.1 Å². The summed E-state index contributed by atoms with van der Waals surface area (Å²) in [5.41, 5.74) is 0.873. The lowest BCUT2D eigenvalue weighted by Crippen LogP contribution is -2.21. The lowest BCUT2D eigenvalue weighted by molar-refractivity contribution is 0.439. The van der Waals surface area contributed by atoms with Gasteiger partial charge in [-0.25, -0.2) is 9.71 Å². The van der Waals surface area contributed by atoms with Crippen LogP contribution < -0.4 is 5.32 Å². The third-order valence-electron chi connectivity index (χ3n) is 2.62. The molecule has 0 bridgehead atoms. The summed E-state index contributed by atoms with van der Waals surface area (Å²) in [6, 6.07) is 7.09. The standard InChI is InChI=1S/C11H13FN/c12-11-4-2-1-3-10(11)9-5-7-13-8-6-9/h1-4,9H,5-8H2. The Morgan fingerprint density at radius 2 is 1.85 bits per heavy atom. The third-order valence-corrected chi connectivity index (χ3v) is 2.62. The van der Waals surface area contributed by atoms with Crippen LogP contribution in [-0.2, 0) is 0 Å². The van der Waals surface area contributed by atoms with Gasteiger partial charge in [0.1, 0.15) is 5.82 Å². The lowest BCUT2D eigenvalue weighted by Gasteiger charge is -2.22. The number of piperidine rings is 1. The zero-order valence-electron chi connectivity index (χ0n) is 7.54. The van der Waals surface area contributed by atoms with Crippen molar-refractivity contribution < 1.29 is 4.39 Å². The fourth-order valence-corrected chi connectivity index (χ4v) is 1.87. The minimum Gasteiger partial charge on any atom is -0.242 e. The van der Waals surface area contributed by atoms with Crippen molar-refractivity contribution in [1.82, 2.24) is 5.32 Å². The molecule has 1 nitrogen and oxygen atoms in total. The monoisotopic (exact) mass is 178 g/mol. The van der Waals surface area contributed by atoms with Crippen LogP contribution in [0.25, 0.3) is 0 Å². The summed E-state index contributed by atoms with van der Waals surface area (Å²) in [5, 5.41) is 4.26. The second kappa shape index (κ2) is 3.88. The van der Waals surface area contributed by atoms with Gasteiger partial charge in [-0.3, -0.25) is 0 Å². The van der Waals surface area contributed by atoms with E-state index < -0.39 is 0 Å². The molecule has 1 aromatic rings. The average molecular weight is 178 g/mol. The normalized spacial score (nSPS) is 18.8. The van der Waals surface area contributed by atoms with Crippen LogP contribution in [0.3, 0.4) is 0 Å². The van der Waals surface area contributed by atoms with Crippen molar-refractivity contribution in [2.45, 2.75) is 18.8 Å². The first-order valence-electron chi connectivity index (χ1n) is 4.75. The molecule has 1 aliphatic heterocycles. The van der Waals surface area contributed by atoms with Crippen molar-refractivity contribution in [3.8, 4) is 0 Å². The molecule has 0 aromatic heterocycles. The largest absolute Gasteiger partial charge is 0.242 e. The van der Waals surface area contributed by atoms with E-state index in [0.717, 1.165) is 31.5 Å². The number of halogens is 1. The average Bonchev–Trinajstić information content (AvgIpc) is 2.20. The highest BCUT2D eigenvalue weighted by Gasteiger charge is 2.18. The summed E-state index contributed by atoms with van der Waals surface area (Å²) < 4.78 is 13.3. The Hall–Kier alpha value is -0.890. The molecule has 69 valence electrons. The number of rotatable bonds is 1. The van der Waals surface area contributed by atoms with Gasteiger partial charge in [-0.05, 0) is 30.4 Å². The molecule has 1 saturated heterocycles. The Morgan fingerprint density at radius 3 is 2.54 bits per heavy atom. The van der Waals surface area contributed by atoms with Gasteiger partial charge in [0.2, 0.25) is 0 Å². The van der Waals surface area contributed by atoms with Gasteiger partial charge in [0.05, 0.1) is 0 Å². The van der Waals surface area contributed by atoms with E-state index in [1.165, 1.54) is 0 Å². The maximum Gasteiger partial charge on any atom is 0.126 e. The molecule has 1 radical (unpaired) electrons. The highest BCUT2D eigenvalue weighted by molar-refractivity contribution is 5.22. The van der Waals surface area contributed by atoms with E-state index >= 15 is 0 Å². The SMILES string of the molecule is Fc1ccccc1C1CC[N]CC1. The van der Waals surface area contributed by atoms with E-state index in [9.17, 15) is 4.39 Å². The summed E-state index contributed by atoms with van der Waals surface area (Å²) in [4.78, 5) is 0. The molecule has 1 aromatic carbocycles. The molecule has 1 fully saturated rings. The van der Waals surface area contributed by atoms with E-state index in [1.807, 2.05) is 12.1 Å². The van der Waals surface area contributed by atoms with Crippen LogP contribution in [0.15, 0.2) is 24.3 Å². The topological polar surface area (TPSA) is 14.1 Å². The van der Waals surface area contributed by atoms with Crippen LogP contribution in [0.5, 0.6) is 0 Å². The van der Waals surface area contributed by atoms with Crippen molar-refractivity contribution >= 4 is 0 Å². The van der Waals surface area contributed by atoms with E-state index in [2.05, 4.69) is 5.32 Å². The maximum atomic E-state index is 13.3. The van der Waals surface area contributed by atoms with Crippen molar-refractivity contribution in [2.75, 3.05) is 13.1 Å². The van der Waals surface area contributed by atoms with E-state index in [4.69, 9.17) is 0 Å². The smallest absolute Gasteiger partial charge is 0.126 e. The van der Waals surface area contributed by atoms with Crippen LogP contribution in [0.1, 0.15) is 24.3 Å². The summed E-state index contributed by atoms with van der Waals surface area (Å²) in [5.74, 6) is 0.327. The lowest BCUT2D eigenvalue weighted by atomic mass is 9.90. The molecule has 0 atom stereocenters. The molecule has 1 heterocycles. The van der Waals surface area contributed by atoms with Crippen molar-refractivity contribution in [1.29, 1.82) is 0 Å². The minimum absolute atomic E-state index is 0.0607. The Balaban J connectivity index is 2.18. The van der Waals surface area contributed by atoms with Gasteiger partial charge in [-0.1, -0.05) is 18.2 Å². The maximum absolute atomic E-state index is 13.3. The molecule has 0 N–H and O–H groups in total. The Labute approximate surface area is 78.0 Å². The highest BCUT2D eigenvalue weighted by Crippen LogP contribution is 2.27. The van der Waals surface area contributed by atoms with Crippen LogP contribution in [-0.4, -0.2) is 13.1 Å². The highest BCUT2D eigenvalue weighted by atomic mass is 19.1. The predicted molar refractivity (Wildman–Crippen MR) is 50.2 cm³/mol. The van der Waals surface area contributed by atoms with Crippen LogP contribution in [0, 0.1) is 5.82 Å². The second-order valence-electron chi connectivity index (χ2n) is 3.47. The molecule has 13 heavy (non-hydrogen) atoms. The van der Waals surface area contributed by atoms with Gasteiger partial charge in [0.25, 0.3) is 0 Å². The summed E-state index contributed by atoms with van der Waals surface area (Å²) >= 11 is 0. The zero-order chi connectivity index (χ0) is 9.10. The Kier molecular flexibility index (Phi) is 2.60. The first-order chi connectivity index (χ1) is 6.38. The quantitative estimate of drug-likeness (QED) is 0.626. The molecule has 0 amide bonds. The van der Waals surface area contributed by atoms with E-state index in [0.29, 0.717) is 5.92 Å². The Morgan fingerprint density at radius 1 is 1.15 bits per heavy atom. The molecule has 0 unspecified atom stereocenters. The summed E-state index contributed by atoms with van der Waals surface area (Å²) in [6.07, 6.45) is 2.00. The number of nitrogens with zero attached hydrogens (tertiary/aromatic N) is 1. The fraction of sp³-hybridized carbons (Fsp3) is 0.455. The first kappa shape index (κ1) is 8.70. The zero-order valence-corrected chi connectivity index (χ0v) is 7.54. The van der Waals surface area contributed by atoms with E-state index in [-0.39, 0.29) is 5.82 Å².